The van der Waals surface area contributed by atoms with Crippen LogP contribution in [0.5, 0.6) is 11.5 Å². The summed E-state index contributed by atoms with van der Waals surface area (Å²) in [6.07, 6.45) is 0.571. The third kappa shape index (κ3) is 6.17. The van der Waals surface area contributed by atoms with Gasteiger partial charge in [-0.2, -0.15) is 0 Å². The van der Waals surface area contributed by atoms with Crippen LogP contribution in [-0.4, -0.2) is 14.1 Å². The fourth-order valence-electron chi connectivity index (χ4n) is 10.5. The number of para-hydroxylation sites is 6. The molecule has 13 rings (SSSR count). The highest BCUT2D eigenvalue weighted by Gasteiger charge is 2.45. The Kier molecular flexibility index (Phi) is 8.76. The molecule has 0 N–H and O–H groups in total. The predicted octanol–water partition coefficient (Wildman–Crippen LogP) is 14.4. The SMILES string of the molecule is c1ccc(N2B(Cc3c(B4Oc5ccccc5N4c4ccccc4)c4cc(-c5cccc6ccccc56)ccc4c4ccc(-c5cccc6ccccc56)cc34)Oc3ccccc32)cc1. The van der Waals surface area contributed by atoms with Gasteiger partial charge in [-0.05, 0) is 132 Å². The molecule has 2 aliphatic rings. The van der Waals surface area contributed by atoms with Gasteiger partial charge in [0.05, 0.1) is 11.4 Å². The number of nitrogens with zero attached hydrogens (tertiary/aromatic N) is 2. The minimum Gasteiger partial charge on any atom is -0.539 e. The van der Waals surface area contributed by atoms with Gasteiger partial charge in [-0.1, -0.05) is 170 Å². The summed E-state index contributed by atoms with van der Waals surface area (Å²) in [7, 11) is -0.861. The second-order valence-electron chi connectivity index (χ2n) is 17.1. The molecule has 0 spiro atoms. The van der Waals surface area contributed by atoms with Crippen molar-refractivity contribution in [1.82, 2.24) is 0 Å². The first-order valence-corrected chi connectivity index (χ1v) is 22.4. The van der Waals surface area contributed by atoms with Gasteiger partial charge in [0.25, 0.3) is 0 Å². The van der Waals surface area contributed by atoms with Crippen molar-refractivity contribution < 1.29 is 9.31 Å². The van der Waals surface area contributed by atoms with Crippen LogP contribution in [0.25, 0.3) is 65.3 Å². The Balaban J connectivity index is 1.14. The van der Waals surface area contributed by atoms with Crippen LogP contribution >= 0.6 is 0 Å². The van der Waals surface area contributed by atoms with Crippen molar-refractivity contribution in [2.75, 3.05) is 9.62 Å². The Hall–Kier alpha value is -8.21. The third-order valence-corrected chi connectivity index (χ3v) is 13.4. The highest BCUT2D eigenvalue weighted by atomic mass is 16.5. The van der Waals surface area contributed by atoms with Crippen LogP contribution in [-0.2, 0) is 6.32 Å². The van der Waals surface area contributed by atoms with E-state index in [2.05, 4.69) is 240 Å². The van der Waals surface area contributed by atoms with Crippen LogP contribution < -0.4 is 24.4 Å². The van der Waals surface area contributed by atoms with Gasteiger partial charge in [-0.3, -0.25) is 0 Å². The van der Waals surface area contributed by atoms with Crippen molar-refractivity contribution in [3.63, 3.8) is 0 Å². The maximum Gasteiger partial charge on any atom is 0.525 e. The lowest BCUT2D eigenvalue weighted by molar-refractivity contribution is 0.588. The average Bonchev–Trinajstić information content (AvgIpc) is 3.94. The smallest absolute Gasteiger partial charge is 0.525 e. The second-order valence-corrected chi connectivity index (χ2v) is 17.1. The van der Waals surface area contributed by atoms with Crippen molar-refractivity contribution in [2.45, 2.75) is 6.32 Å². The lowest BCUT2D eigenvalue weighted by Crippen LogP contribution is -2.50. The number of hydrogen-bond acceptors (Lipinski definition) is 4. The standard InChI is InChI=1S/C59H40B2N2O2/c1-3-21-44(22-4-1)62-55-29-11-13-31-57(55)64-60(62)39-54-52-37-42(48-27-15-19-40-17-7-9-25-46(40)48)33-35-50(52)51-36-34-43(49-28-16-20-41-18-8-10-26-47(41)49)38-53(51)59(54)61-63(45-23-5-2-6-24-45)56-30-12-14-32-58(56)65-61/h1-38H,39H2. The van der Waals surface area contributed by atoms with E-state index in [4.69, 9.17) is 9.31 Å². The van der Waals surface area contributed by atoms with Crippen molar-refractivity contribution in [2.24, 2.45) is 0 Å². The van der Waals surface area contributed by atoms with E-state index < -0.39 is 7.05 Å². The first kappa shape index (κ1) is 37.4. The number of benzene rings is 11. The van der Waals surface area contributed by atoms with E-state index >= 15 is 0 Å². The zero-order valence-electron chi connectivity index (χ0n) is 35.5. The van der Waals surface area contributed by atoms with Crippen LogP contribution in [0.4, 0.5) is 22.7 Å². The molecule has 0 amide bonds. The van der Waals surface area contributed by atoms with Gasteiger partial charge in [0.2, 0.25) is 0 Å². The van der Waals surface area contributed by atoms with Crippen molar-refractivity contribution in [1.29, 1.82) is 0 Å². The molecule has 304 valence electrons. The van der Waals surface area contributed by atoms with Gasteiger partial charge in [0, 0.05) is 23.2 Å². The summed E-state index contributed by atoms with van der Waals surface area (Å²) in [5.74, 6) is 1.73. The molecule has 65 heavy (non-hydrogen) atoms. The summed E-state index contributed by atoms with van der Waals surface area (Å²) in [5.41, 5.74) is 11.3. The summed E-state index contributed by atoms with van der Waals surface area (Å²) in [6.45, 7) is 0. The van der Waals surface area contributed by atoms with Gasteiger partial charge in [-0.25, -0.2) is 0 Å². The molecule has 4 nitrogen and oxygen atoms in total. The highest BCUT2D eigenvalue weighted by molar-refractivity contribution is 6.78. The molecule has 11 aromatic rings. The van der Waals surface area contributed by atoms with Crippen molar-refractivity contribution in [3.8, 4) is 33.8 Å². The Morgan fingerprint density at radius 3 is 1.46 bits per heavy atom. The van der Waals surface area contributed by atoms with E-state index in [9.17, 15) is 0 Å². The van der Waals surface area contributed by atoms with Gasteiger partial charge in [0.1, 0.15) is 11.5 Å². The van der Waals surface area contributed by atoms with E-state index in [1.807, 2.05) is 0 Å². The molecule has 0 aromatic heterocycles. The largest absolute Gasteiger partial charge is 0.539 e. The van der Waals surface area contributed by atoms with E-state index in [-0.39, 0.29) is 7.05 Å². The van der Waals surface area contributed by atoms with E-state index in [0.29, 0.717) is 6.32 Å². The fraction of sp³-hybridized carbons (Fsp3) is 0.0169. The van der Waals surface area contributed by atoms with Crippen LogP contribution in [0.1, 0.15) is 5.56 Å². The molecule has 0 bridgehead atoms. The van der Waals surface area contributed by atoms with Crippen LogP contribution in [0.2, 0.25) is 0 Å². The van der Waals surface area contributed by atoms with Gasteiger partial charge in [-0.15, -0.1) is 0 Å². The van der Waals surface area contributed by atoms with E-state index in [1.165, 1.54) is 60.0 Å². The quantitative estimate of drug-likeness (QED) is 0.118. The maximum atomic E-state index is 7.36. The molecule has 0 saturated heterocycles. The molecule has 0 radical (unpaired) electrons. The summed E-state index contributed by atoms with van der Waals surface area (Å²) >= 11 is 0. The second kappa shape index (κ2) is 15.3. The molecule has 6 heteroatoms. The summed E-state index contributed by atoms with van der Waals surface area (Å²) in [4.78, 5) is 4.76. The van der Waals surface area contributed by atoms with Gasteiger partial charge < -0.3 is 18.9 Å². The van der Waals surface area contributed by atoms with E-state index in [1.54, 1.807) is 0 Å². The minimum atomic E-state index is -0.505. The monoisotopic (exact) mass is 830 g/mol. The number of anilines is 4. The van der Waals surface area contributed by atoms with Crippen LogP contribution in [0, 0.1) is 0 Å². The Labute approximate surface area is 378 Å². The zero-order valence-corrected chi connectivity index (χ0v) is 35.5. The Morgan fingerprint density at radius 1 is 0.354 bits per heavy atom. The molecule has 0 fully saturated rings. The topological polar surface area (TPSA) is 24.9 Å². The molecule has 0 aliphatic carbocycles. The molecular weight excluding hydrogens is 790 g/mol. The first-order chi connectivity index (χ1) is 32.2. The van der Waals surface area contributed by atoms with Crippen molar-refractivity contribution in [3.05, 3.63) is 236 Å². The van der Waals surface area contributed by atoms with Crippen LogP contribution in [0.3, 0.4) is 0 Å². The highest BCUT2D eigenvalue weighted by Crippen LogP contribution is 2.46. The Morgan fingerprint density at radius 2 is 0.831 bits per heavy atom. The fourth-order valence-corrected chi connectivity index (χ4v) is 10.5. The number of fused-ring (bicyclic) bond motifs is 7. The average molecular weight is 831 g/mol. The molecule has 2 heterocycles. The summed E-state index contributed by atoms with van der Waals surface area (Å²) in [5, 5.41) is 9.58. The first-order valence-electron chi connectivity index (χ1n) is 22.4. The molecular formula is C59H40B2N2O2. The predicted molar refractivity (Wildman–Crippen MR) is 273 cm³/mol. The molecule has 0 atom stereocenters. The summed E-state index contributed by atoms with van der Waals surface area (Å²) < 4.78 is 14.5. The van der Waals surface area contributed by atoms with Gasteiger partial charge in [0.15, 0.2) is 0 Å². The molecule has 2 aliphatic heterocycles. The van der Waals surface area contributed by atoms with E-state index in [0.717, 1.165) is 50.7 Å². The van der Waals surface area contributed by atoms with Crippen molar-refractivity contribution >= 4 is 85.4 Å². The molecule has 11 aromatic carbocycles. The minimum absolute atomic E-state index is 0.356. The lowest BCUT2D eigenvalue weighted by atomic mass is 9.60. The zero-order chi connectivity index (χ0) is 42.8. The Bertz CT molecular complexity index is 3630. The third-order valence-electron chi connectivity index (χ3n) is 13.4. The summed E-state index contributed by atoms with van der Waals surface area (Å²) in [6, 6.07) is 83.0. The molecule has 0 unspecified atom stereocenters. The molecule has 0 saturated carbocycles. The van der Waals surface area contributed by atoms with Gasteiger partial charge >= 0.3 is 14.1 Å². The normalized spacial score (nSPS) is 13.1. The van der Waals surface area contributed by atoms with Crippen LogP contribution in [0.15, 0.2) is 231 Å². The lowest BCUT2D eigenvalue weighted by Gasteiger charge is -2.28. The number of rotatable bonds is 7. The number of hydrogen-bond donors (Lipinski definition) is 0. The maximum absolute atomic E-state index is 7.36.